The minimum absolute atomic E-state index is 0.104. The number of nitrogens with zero attached hydrogens (tertiary/aromatic N) is 1. The molecule has 0 saturated carbocycles. The Morgan fingerprint density at radius 2 is 1.95 bits per heavy atom. The molecular formula is C11H16N2O4S2. The van der Waals surface area contributed by atoms with Crippen molar-refractivity contribution in [3.05, 3.63) is 23.8 Å². The van der Waals surface area contributed by atoms with E-state index in [1.165, 1.54) is 16.4 Å². The molecule has 0 amide bonds. The second kappa shape index (κ2) is 4.46. The molecule has 0 bridgehead atoms. The number of rotatable bonds is 2. The molecule has 19 heavy (non-hydrogen) atoms. The summed E-state index contributed by atoms with van der Waals surface area (Å²) in [5.74, 6) is 0. The van der Waals surface area contributed by atoms with Crippen molar-refractivity contribution in [1.29, 1.82) is 0 Å². The molecule has 6 nitrogen and oxygen atoms in total. The predicted molar refractivity (Wildman–Crippen MR) is 72.8 cm³/mol. The molecule has 0 spiro atoms. The normalized spacial score (nSPS) is 18.9. The second-order valence-corrected chi connectivity index (χ2v) is 8.48. The standard InChI is InChI=1S/C11H16N2O4S2/c1-8(2)13-7-9-4-5-10(18(3,14)15)6-11(9)12-19(13,16)17/h4-6,8,12H,7H2,1-3H3. The molecule has 1 aliphatic rings. The van der Waals surface area contributed by atoms with E-state index in [1.807, 2.05) is 0 Å². The highest BCUT2D eigenvalue weighted by Crippen LogP contribution is 2.29. The van der Waals surface area contributed by atoms with Gasteiger partial charge in [0.1, 0.15) is 0 Å². The maximum Gasteiger partial charge on any atom is 0.302 e. The summed E-state index contributed by atoms with van der Waals surface area (Å²) in [6, 6.07) is 4.33. The number of hydrogen-bond acceptors (Lipinski definition) is 4. The maximum atomic E-state index is 12.0. The first kappa shape index (κ1) is 14.3. The number of anilines is 1. The van der Waals surface area contributed by atoms with Gasteiger partial charge in [0.25, 0.3) is 0 Å². The molecule has 0 atom stereocenters. The van der Waals surface area contributed by atoms with Gasteiger partial charge in [0, 0.05) is 18.8 Å². The molecule has 1 aromatic carbocycles. The van der Waals surface area contributed by atoms with E-state index in [-0.39, 0.29) is 17.5 Å². The summed E-state index contributed by atoms with van der Waals surface area (Å²) in [4.78, 5) is 0.104. The number of nitrogens with one attached hydrogen (secondary N) is 1. The fourth-order valence-corrected chi connectivity index (χ4v) is 4.03. The van der Waals surface area contributed by atoms with Crippen LogP contribution in [-0.4, -0.2) is 33.4 Å². The van der Waals surface area contributed by atoms with Gasteiger partial charge in [0.2, 0.25) is 0 Å². The van der Waals surface area contributed by atoms with Crippen molar-refractivity contribution in [2.75, 3.05) is 11.0 Å². The Bertz CT molecular complexity index is 708. The summed E-state index contributed by atoms with van der Waals surface area (Å²) in [5.41, 5.74) is 1.09. The quantitative estimate of drug-likeness (QED) is 0.882. The topological polar surface area (TPSA) is 83.6 Å². The summed E-state index contributed by atoms with van der Waals surface area (Å²) in [6.07, 6.45) is 1.09. The monoisotopic (exact) mass is 304 g/mol. The first-order valence-electron chi connectivity index (χ1n) is 5.74. The Kier molecular flexibility index (Phi) is 3.36. The van der Waals surface area contributed by atoms with Crippen LogP contribution < -0.4 is 4.72 Å². The van der Waals surface area contributed by atoms with E-state index in [1.54, 1.807) is 19.9 Å². The zero-order valence-corrected chi connectivity index (χ0v) is 12.5. The Balaban J connectivity index is 2.51. The summed E-state index contributed by atoms with van der Waals surface area (Å²) < 4.78 is 50.7. The third-order valence-electron chi connectivity index (χ3n) is 2.96. The Morgan fingerprint density at radius 3 is 2.47 bits per heavy atom. The van der Waals surface area contributed by atoms with Gasteiger partial charge in [0.15, 0.2) is 9.84 Å². The van der Waals surface area contributed by atoms with Gasteiger partial charge in [-0.2, -0.15) is 12.7 Å². The molecule has 0 saturated heterocycles. The van der Waals surface area contributed by atoms with Crippen LogP contribution in [0.5, 0.6) is 0 Å². The Hall–Kier alpha value is -1.12. The van der Waals surface area contributed by atoms with E-state index in [0.29, 0.717) is 5.69 Å². The lowest BCUT2D eigenvalue weighted by atomic mass is 10.1. The van der Waals surface area contributed by atoms with Gasteiger partial charge in [-0.1, -0.05) is 6.07 Å². The first-order chi connectivity index (χ1) is 8.61. The van der Waals surface area contributed by atoms with Crippen LogP contribution >= 0.6 is 0 Å². The third-order valence-corrected chi connectivity index (χ3v) is 5.72. The van der Waals surface area contributed by atoms with Crippen LogP contribution in [0.25, 0.3) is 0 Å². The average molecular weight is 304 g/mol. The SMILES string of the molecule is CC(C)N1Cc2ccc(S(C)(=O)=O)cc2NS1(=O)=O. The molecule has 1 N–H and O–H groups in total. The molecule has 0 radical (unpaired) electrons. The second-order valence-electron chi connectivity index (χ2n) is 4.84. The molecule has 1 aliphatic heterocycles. The van der Waals surface area contributed by atoms with Crippen LogP contribution in [0.1, 0.15) is 19.4 Å². The van der Waals surface area contributed by atoms with Crippen molar-refractivity contribution in [2.45, 2.75) is 31.3 Å². The average Bonchev–Trinajstić information content (AvgIpc) is 2.24. The highest BCUT2D eigenvalue weighted by molar-refractivity contribution is 7.91. The number of fused-ring (bicyclic) bond motifs is 1. The van der Waals surface area contributed by atoms with E-state index in [9.17, 15) is 16.8 Å². The Morgan fingerprint density at radius 1 is 1.32 bits per heavy atom. The van der Waals surface area contributed by atoms with Crippen LogP contribution in [-0.2, 0) is 26.6 Å². The molecule has 0 aromatic heterocycles. The van der Waals surface area contributed by atoms with Crippen molar-refractivity contribution >= 4 is 25.7 Å². The van der Waals surface area contributed by atoms with Gasteiger partial charge < -0.3 is 0 Å². The Labute approximate surface area is 113 Å². The summed E-state index contributed by atoms with van der Waals surface area (Å²) in [6.45, 7) is 3.82. The summed E-state index contributed by atoms with van der Waals surface area (Å²) >= 11 is 0. The fourth-order valence-electron chi connectivity index (χ4n) is 1.93. The highest BCUT2D eigenvalue weighted by atomic mass is 32.2. The minimum Gasteiger partial charge on any atom is -0.271 e. The van der Waals surface area contributed by atoms with E-state index in [0.717, 1.165) is 11.8 Å². The molecule has 0 unspecified atom stereocenters. The van der Waals surface area contributed by atoms with Crippen LogP contribution in [0.3, 0.4) is 0 Å². The lowest BCUT2D eigenvalue weighted by Crippen LogP contribution is -2.43. The van der Waals surface area contributed by atoms with Crippen molar-refractivity contribution in [3.63, 3.8) is 0 Å². The molecule has 0 aliphatic carbocycles. The van der Waals surface area contributed by atoms with Crippen LogP contribution in [0.4, 0.5) is 5.69 Å². The lowest BCUT2D eigenvalue weighted by molar-refractivity contribution is 0.347. The van der Waals surface area contributed by atoms with Crippen molar-refractivity contribution in [3.8, 4) is 0 Å². The molecular weight excluding hydrogens is 288 g/mol. The van der Waals surface area contributed by atoms with E-state index >= 15 is 0 Å². The summed E-state index contributed by atoms with van der Waals surface area (Å²) in [5, 5.41) is 0. The molecule has 1 aromatic rings. The lowest BCUT2D eigenvalue weighted by Gasteiger charge is -2.32. The van der Waals surface area contributed by atoms with Crippen LogP contribution in [0.15, 0.2) is 23.1 Å². The predicted octanol–water partition coefficient (Wildman–Crippen LogP) is 0.971. The minimum atomic E-state index is -3.61. The number of hydrogen-bond donors (Lipinski definition) is 1. The zero-order valence-electron chi connectivity index (χ0n) is 10.9. The largest absolute Gasteiger partial charge is 0.302 e. The fraction of sp³-hybridized carbons (Fsp3) is 0.455. The molecule has 106 valence electrons. The van der Waals surface area contributed by atoms with Crippen molar-refractivity contribution in [1.82, 2.24) is 4.31 Å². The van der Waals surface area contributed by atoms with Gasteiger partial charge in [-0.25, -0.2) is 8.42 Å². The van der Waals surface area contributed by atoms with Gasteiger partial charge in [-0.15, -0.1) is 0 Å². The third kappa shape index (κ3) is 2.75. The zero-order chi connectivity index (χ0) is 14.4. The number of sulfone groups is 1. The van der Waals surface area contributed by atoms with E-state index in [4.69, 9.17) is 0 Å². The van der Waals surface area contributed by atoms with E-state index < -0.39 is 20.0 Å². The van der Waals surface area contributed by atoms with Gasteiger partial charge in [-0.05, 0) is 31.5 Å². The van der Waals surface area contributed by atoms with Crippen molar-refractivity contribution < 1.29 is 16.8 Å². The molecule has 0 fully saturated rings. The van der Waals surface area contributed by atoms with Crippen LogP contribution in [0.2, 0.25) is 0 Å². The van der Waals surface area contributed by atoms with Crippen LogP contribution in [0, 0.1) is 0 Å². The van der Waals surface area contributed by atoms with Gasteiger partial charge in [0.05, 0.1) is 10.6 Å². The summed E-state index contributed by atoms with van der Waals surface area (Å²) in [7, 11) is -6.96. The first-order valence-corrected chi connectivity index (χ1v) is 9.07. The molecule has 1 heterocycles. The van der Waals surface area contributed by atoms with Gasteiger partial charge in [-0.3, -0.25) is 4.72 Å². The number of benzene rings is 1. The van der Waals surface area contributed by atoms with Gasteiger partial charge >= 0.3 is 10.2 Å². The van der Waals surface area contributed by atoms with E-state index in [2.05, 4.69) is 4.72 Å². The molecule has 2 rings (SSSR count). The molecule has 8 heteroatoms. The maximum absolute atomic E-state index is 12.0. The van der Waals surface area contributed by atoms with Crippen molar-refractivity contribution in [2.24, 2.45) is 0 Å². The highest BCUT2D eigenvalue weighted by Gasteiger charge is 2.31. The smallest absolute Gasteiger partial charge is 0.271 e.